The molecule has 3 rings (SSSR count). The topological polar surface area (TPSA) is 109 Å². The number of nitrogens with one attached hydrogen (secondary N) is 2. The third kappa shape index (κ3) is 2.78. The fourth-order valence-electron chi connectivity index (χ4n) is 2.75. The van der Waals surface area contributed by atoms with E-state index in [2.05, 4.69) is 25.4 Å². The van der Waals surface area contributed by atoms with E-state index >= 15 is 0 Å². The lowest BCUT2D eigenvalue weighted by molar-refractivity contribution is -0.130. The molecule has 1 aromatic rings. The highest BCUT2D eigenvalue weighted by molar-refractivity contribution is 6.04. The number of nitrogens with zero attached hydrogens (tertiary/aromatic N) is 4. The van der Waals surface area contributed by atoms with Crippen LogP contribution in [0.15, 0.2) is 0 Å². The molecule has 2 aliphatic heterocycles. The molecule has 9 heteroatoms. The van der Waals surface area contributed by atoms with Crippen molar-refractivity contribution in [1.29, 1.82) is 0 Å². The van der Waals surface area contributed by atoms with Crippen LogP contribution < -0.4 is 10.6 Å². The molecule has 0 spiro atoms. The molecule has 0 bridgehead atoms. The average molecular weight is 306 g/mol. The first-order valence-corrected chi connectivity index (χ1v) is 7.31. The van der Waals surface area contributed by atoms with Gasteiger partial charge in [-0.15, -0.1) is 10.2 Å². The van der Waals surface area contributed by atoms with E-state index in [1.807, 2.05) is 0 Å². The van der Waals surface area contributed by atoms with Gasteiger partial charge in [-0.1, -0.05) is 0 Å². The molecule has 0 aliphatic carbocycles. The molecule has 3 heterocycles. The molecule has 1 atom stereocenters. The summed E-state index contributed by atoms with van der Waals surface area (Å²) in [7, 11) is 1.70. The molecule has 2 N–H and O–H groups in total. The van der Waals surface area contributed by atoms with Gasteiger partial charge in [0, 0.05) is 26.4 Å². The molecular weight excluding hydrogens is 288 g/mol. The molecule has 0 radical (unpaired) electrons. The van der Waals surface area contributed by atoms with Crippen LogP contribution in [-0.4, -0.2) is 50.6 Å². The Morgan fingerprint density at radius 3 is 2.95 bits per heavy atom. The standard InChI is InChI=1S/C13H18N6O3/c1-18(7-10-17-16-9-3-2-6-19(9)10)11(20)5-4-8-12(21)15-13(22)14-8/h8H,2-7H2,1H3,(H2,14,15,21,22)/t8-/m1/s1. The van der Waals surface area contributed by atoms with Crippen LogP contribution in [0, 0.1) is 0 Å². The SMILES string of the molecule is CN(Cc1nnc2n1CCC2)C(=O)CC[C@H]1NC(=O)NC1=O. The van der Waals surface area contributed by atoms with Crippen molar-refractivity contribution < 1.29 is 14.4 Å². The van der Waals surface area contributed by atoms with Gasteiger partial charge in [-0.25, -0.2) is 4.79 Å². The van der Waals surface area contributed by atoms with Crippen LogP contribution >= 0.6 is 0 Å². The highest BCUT2D eigenvalue weighted by atomic mass is 16.2. The fourth-order valence-corrected chi connectivity index (χ4v) is 2.75. The zero-order valence-electron chi connectivity index (χ0n) is 12.3. The van der Waals surface area contributed by atoms with E-state index in [9.17, 15) is 14.4 Å². The van der Waals surface area contributed by atoms with Gasteiger partial charge in [0.25, 0.3) is 5.91 Å². The number of imide groups is 1. The summed E-state index contributed by atoms with van der Waals surface area (Å²) in [6, 6.07) is -1.13. The van der Waals surface area contributed by atoms with Gasteiger partial charge in [-0.05, 0) is 12.8 Å². The van der Waals surface area contributed by atoms with E-state index < -0.39 is 12.1 Å². The van der Waals surface area contributed by atoms with Crippen molar-refractivity contribution in [2.45, 2.75) is 44.8 Å². The van der Waals surface area contributed by atoms with Crippen LogP contribution in [0.5, 0.6) is 0 Å². The minimum atomic E-state index is -0.623. The molecule has 1 aromatic heterocycles. The van der Waals surface area contributed by atoms with E-state index in [4.69, 9.17) is 0 Å². The first-order chi connectivity index (χ1) is 10.5. The van der Waals surface area contributed by atoms with E-state index in [0.717, 1.165) is 31.0 Å². The van der Waals surface area contributed by atoms with Crippen molar-refractivity contribution in [3.63, 3.8) is 0 Å². The number of hydrogen-bond donors (Lipinski definition) is 2. The summed E-state index contributed by atoms with van der Waals surface area (Å²) < 4.78 is 2.05. The third-order valence-corrected chi connectivity index (χ3v) is 4.00. The Labute approximate surface area is 127 Å². The van der Waals surface area contributed by atoms with Crippen molar-refractivity contribution in [2.75, 3.05) is 7.05 Å². The summed E-state index contributed by atoms with van der Waals surface area (Å²) in [5.74, 6) is 1.29. The number of aromatic nitrogens is 3. The maximum absolute atomic E-state index is 12.1. The zero-order chi connectivity index (χ0) is 15.7. The van der Waals surface area contributed by atoms with Crippen LogP contribution in [0.4, 0.5) is 4.79 Å². The molecule has 0 unspecified atom stereocenters. The molecule has 0 saturated carbocycles. The van der Waals surface area contributed by atoms with Gasteiger partial charge in [0.1, 0.15) is 11.9 Å². The maximum atomic E-state index is 12.1. The molecule has 4 amide bonds. The van der Waals surface area contributed by atoms with E-state index in [-0.39, 0.29) is 18.2 Å². The summed E-state index contributed by atoms with van der Waals surface area (Å²) in [5.41, 5.74) is 0. The molecule has 1 fully saturated rings. The lowest BCUT2D eigenvalue weighted by Gasteiger charge is -2.17. The number of urea groups is 1. The Balaban J connectivity index is 1.51. The normalized spacial score (nSPS) is 19.8. The number of rotatable bonds is 5. The molecule has 118 valence electrons. The first kappa shape index (κ1) is 14.5. The molecule has 22 heavy (non-hydrogen) atoms. The zero-order valence-corrected chi connectivity index (χ0v) is 12.3. The molecular formula is C13H18N6O3. The minimum Gasteiger partial charge on any atom is -0.338 e. The van der Waals surface area contributed by atoms with E-state index in [1.54, 1.807) is 11.9 Å². The quantitative estimate of drug-likeness (QED) is 0.690. The Morgan fingerprint density at radius 1 is 1.41 bits per heavy atom. The van der Waals surface area contributed by atoms with Crippen LogP contribution in [0.2, 0.25) is 0 Å². The predicted octanol–water partition coefficient (Wildman–Crippen LogP) is -0.829. The second-order valence-electron chi connectivity index (χ2n) is 5.59. The van der Waals surface area contributed by atoms with E-state index in [0.29, 0.717) is 13.0 Å². The smallest absolute Gasteiger partial charge is 0.322 e. The summed E-state index contributed by atoms with van der Waals surface area (Å²) >= 11 is 0. The lowest BCUT2D eigenvalue weighted by Crippen LogP contribution is -2.33. The maximum Gasteiger partial charge on any atom is 0.322 e. The second kappa shape index (κ2) is 5.74. The third-order valence-electron chi connectivity index (χ3n) is 4.00. The number of amides is 4. The summed E-state index contributed by atoms with van der Waals surface area (Å²) in [6.07, 6.45) is 2.47. The minimum absolute atomic E-state index is 0.0932. The van der Waals surface area contributed by atoms with Gasteiger partial charge < -0.3 is 14.8 Å². The van der Waals surface area contributed by atoms with Gasteiger partial charge in [0.15, 0.2) is 5.82 Å². The summed E-state index contributed by atoms with van der Waals surface area (Å²) in [5, 5.41) is 12.9. The first-order valence-electron chi connectivity index (χ1n) is 7.31. The number of carbonyl (C=O) groups excluding carboxylic acids is 3. The summed E-state index contributed by atoms with van der Waals surface area (Å²) in [6.45, 7) is 1.29. The van der Waals surface area contributed by atoms with Gasteiger partial charge in [0.2, 0.25) is 5.91 Å². The highest BCUT2D eigenvalue weighted by Gasteiger charge is 2.30. The van der Waals surface area contributed by atoms with Gasteiger partial charge in [0.05, 0.1) is 6.54 Å². The Morgan fingerprint density at radius 2 is 2.23 bits per heavy atom. The monoisotopic (exact) mass is 306 g/mol. The van der Waals surface area contributed by atoms with Gasteiger partial charge in [-0.3, -0.25) is 14.9 Å². The number of fused-ring (bicyclic) bond motifs is 1. The van der Waals surface area contributed by atoms with Crippen molar-refractivity contribution in [3.05, 3.63) is 11.6 Å². The van der Waals surface area contributed by atoms with Crippen LogP contribution in [0.1, 0.15) is 30.9 Å². The Kier molecular flexibility index (Phi) is 3.78. The predicted molar refractivity (Wildman–Crippen MR) is 74.5 cm³/mol. The molecule has 0 aromatic carbocycles. The van der Waals surface area contributed by atoms with Crippen LogP contribution in [-0.2, 0) is 29.1 Å². The molecule has 2 aliphatic rings. The Bertz CT molecular complexity index is 625. The number of carbonyl (C=O) groups is 3. The average Bonchev–Trinajstić information content (AvgIpc) is 3.14. The van der Waals surface area contributed by atoms with Gasteiger partial charge >= 0.3 is 6.03 Å². The van der Waals surface area contributed by atoms with Gasteiger partial charge in [-0.2, -0.15) is 0 Å². The highest BCUT2D eigenvalue weighted by Crippen LogP contribution is 2.15. The van der Waals surface area contributed by atoms with Crippen molar-refractivity contribution in [2.24, 2.45) is 0 Å². The fraction of sp³-hybridized carbons (Fsp3) is 0.615. The van der Waals surface area contributed by atoms with Crippen molar-refractivity contribution in [1.82, 2.24) is 30.3 Å². The molecule has 9 nitrogen and oxygen atoms in total. The van der Waals surface area contributed by atoms with Crippen LogP contribution in [0.3, 0.4) is 0 Å². The molecule has 1 saturated heterocycles. The van der Waals surface area contributed by atoms with E-state index in [1.165, 1.54) is 0 Å². The number of aryl methyl sites for hydroxylation is 1. The summed E-state index contributed by atoms with van der Waals surface area (Å²) in [4.78, 5) is 36.1. The largest absolute Gasteiger partial charge is 0.338 e. The van der Waals surface area contributed by atoms with Crippen LogP contribution in [0.25, 0.3) is 0 Å². The second-order valence-corrected chi connectivity index (χ2v) is 5.59. The van der Waals surface area contributed by atoms with Crippen molar-refractivity contribution >= 4 is 17.8 Å². The Hall–Kier alpha value is -2.45. The van der Waals surface area contributed by atoms with Crippen molar-refractivity contribution in [3.8, 4) is 0 Å². The number of hydrogen-bond acceptors (Lipinski definition) is 5. The lowest BCUT2D eigenvalue weighted by atomic mass is 10.1.